The van der Waals surface area contributed by atoms with Crippen LogP contribution < -0.4 is 0 Å². The van der Waals surface area contributed by atoms with Crippen LogP contribution in [0.15, 0.2) is 18.2 Å². The van der Waals surface area contributed by atoms with E-state index in [2.05, 4.69) is 0 Å². The molecular weight excluding hydrogens is 223 g/mol. The third kappa shape index (κ3) is 4.15. The zero-order chi connectivity index (χ0) is 13.1. The van der Waals surface area contributed by atoms with Crippen LogP contribution in [-0.4, -0.2) is 16.7 Å². The van der Waals surface area contributed by atoms with Gasteiger partial charge in [0.2, 0.25) is 0 Å². The van der Waals surface area contributed by atoms with E-state index in [1.165, 1.54) is 12.1 Å². The molecule has 0 fully saturated rings. The lowest BCUT2D eigenvalue weighted by atomic mass is 10.1. The van der Waals surface area contributed by atoms with Gasteiger partial charge in [0.1, 0.15) is 5.82 Å². The number of hydrogen-bond acceptors (Lipinski definition) is 2. The summed E-state index contributed by atoms with van der Waals surface area (Å²) in [6, 6.07) is 3.71. The lowest BCUT2D eigenvalue weighted by Gasteiger charge is -2.23. The van der Waals surface area contributed by atoms with E-state index in [-0.39, 0.29) is 17.8 Å². The first-order valence-corrected chi connectivity index (χ1v) is 5.51. The third-order valence-corrected chi connectivity index (χ3v) is 2.69. The summed E-state index contributed by atoms with van der Waals surface area (Å²) in [5, 5.41) is 8.80. The molecule has 1 aromatic rings. The summed E-state index contributed by atoms with van der Waals surface area (Å²) < 4.78 is 18.8. The van der Waals surface area contributed by atoms with E-state index in [4.69, 9.17) is 9.84 Å². The molecule has 0 aliphatic heterocycles. The highest BCUT2D eigenvalue weighted by Crippen LogP contribution is 2.18. The number of benzene rings is 1. The molecule has 0 aliphatic carbocycles. The van der Waals surface area contributed by atoms with Crippen LogP contribution >= 0.6 is 0 Å². The van der Waals surface area contributed by atoms with E-state index in [9.17, 15) is 9.18 Å². The summed E-state index contributed by atoms with van der Waals surface area (Å²) in [6.07, 6.45) is 0.827. The second kappa shape index (κ2) is 5.27. The number of hydrogen-bond donors (Lipinski definition) is 1. The molecule has 0 saturated heterocycles. The Morgan fingerprint density at radius 2 is 2.06 bits per heavy atom. The number of carboxylic acid groups (broad SMARTS) is 1. The Morgan fingerprint density at radius 1 is 1.41 bits per heavy atom. The summed E-state index contributed by atoms with van der Waals surface area (Å²) in [6.45, 7) is 6.07. The molecule has 0 aliphatic rings. The molecule has 0 atom stereocenters. The maximum atomic E-state index is 13.2. The molecule has 94 valence electrons. The Hall–Kier alpha value is -1.42. The SMILES string of the molecule is CCC(C)(C)OCc1cc(F)cc(C(=O)O)c1. The van der Waals surface area contributed by atoms with E-state index >= 15 is 0 Å². The molecule has 1 N–H and O–H groups in total. The molecule has 0 radical (unpaired) electrons. The highest BCUT2D eigenvalue weighted by molar-refractivity contribution is 5.87. The van der Waals surface area contributed by atoms with Crippen molar-refractivity contribution in [3.05, 3.63) is 35.1 Å². The summed E-state index contributed by atoms with van der Waals surface area (Å²) in [4.78, 5) is 10.8. The van der Waals surface area contributed by atoms with Crippen LogP contribution in [0.25, 0.3) is 0 Å². The minimum absolute atomic E-state index is 0.0575. The Labute approximate surface area is 100 Å². The topological polar surface area (TPSA) is 46.5 Å². The van der Waals surface area contributed by atoms with Gasteiger partial charge in [-0.3, -0.25) is 0 Å². The van der Waals surface area contributed by atoms with Gasteiger partial charge in [0.15, 0.2) is 0 Å². The van der Waals surface area contributed by atoms with E-state index in [1.807, 2.05) is 20.8 Å². The predicted octanol–water partition coefficient (Wildman–Crippen LogP) is 3.23. The molecule has 1 aromatic carbocycles. The van der Waals surface area contributed by atoms with Gasteiger partial charge in [-0.2, -0.15) is 0 Å². The number of rotatable bonds is 5. The molecule has 0 bridgehead atoms. The van der Waals surface area contributed by atoms with Crippen molar-refractivity contribution in [2.24, 2.45) is 0 Å². The summed E-state index contributed by atoms with van der Waals surface area (Å²) >= 11 is 0. The molecule has 1 rings (SSSR count). The van der Waals surface area contributed by atoms with E-state index in [0.29, 0.717) is 5.56 Å². The Balaban J connectivity index is 2.81. The van der Waals surface area contributed by atoms with Crippen molar-refractivity contribution in [1.29, 1.82) is 0 Å². The smallest absolute Gasteiger partial charge is 0.335 e. The average molecular weight is 240 g/mol. The summed E-state index contributed by atoms with van der Waals surface area (Å²) in [7, 11) is 0. The molecule has 3 nitrogen and oxygen atoms in total. The van der Waals surface area contributed by atoms with Crippen LogP contribution in [0.1, 0.15) is 43.1 Å². The maximum Gasteiger partial charge on any atom is 0.335 e. The quantitative estimate of drug-likeness (QED) is 0.859. The summed E-state index contributed by atoms with van der Waals surface area (Å²) in [5.41, 5.74) is 0.178. The minimum Gasteiger partial charge on any atom is -0.478 e. The Morgan fingerprint density at radius 3 is 2.59 bits per heavy atom. The monoisotopic (exact) mass is 240 g/mol. The lowest BCUT2D eigenvalue weighted by Crippen LogP contribution is -2.22. The van der Waals surface area contributed by atoms with Crippen molar-refractivity contribution in [2.45, 2.75) is 39.4 Å². The lowest BCUT2D eigenvalue weighted by molar-refractivity contribution is -0.0317. The number of aromatic carboxylic acids is 1. The number of ether oxygens (including phenoxy) is 1. The summed E-state index contributed by atoms with van der Waals surface area (Å²) in [5.74, 6) is -1.70. The van der Waals surface area contributed by atoms with Gasteiger partial charge in [-0.05, 0) is 44.0 Å². The molecule has 0 spiro atoms. The van der Waals surface area contributed by atoms with Crippen molar-refractivity contribution in [3.63, 3.8) is 0 Å². The van der Waals surface area contributed by atoms with Gasteiger partial charge < -0.3 is 9.84 Å². The highest BCUT2D eigenvalue weighted by atomic mass is 19.1. The van der Waals surface area contributed by atoms with Gasteiger partial charge in [-0.25, -0.2) is 9.18 Å². The second-order valence-electron chi connectivity index (χ2n) is 4.56. The maximum absolute atomic E-state index is 13.2. The van der Waals surface area contributed by atoms with Crippen molar-refractivity contribution < 1.29 is 19.0 Å². The number of carbonyl (C=O) groups is 1. The first kappa shape index (κ1) is 13.6. The van der Waals surface area contributed by atoms with E-state index in [0.717, 1.165) is 12.5 Å². The fraction of sp³-hybridized carbons (Fsp3) is 0.462. The molecule has 4 heteroatoms. The molecule has 0 heterocycles. The van der Waals surface area contributed by atoms with E-state index < -0.39 is 11.8 Å². The zero-order valence-electron chi connectivity index (χ0n) is 10.3. The largest absolute Gasteiger partial charge is 0.478 e. The van der Waals surface area contributed by atoms with Crippen LogP contribution in [0.2, 0.25) is 0 Å². The molecule has 0 saturated carbocycles. The third-order valence-electron chi connectivity index (χ3n) is 2.69. The van der Waals surface area contributed by atoms with Crippen LogP contribution in [0, 0.1) is 5.82 Å². The minimum atomic E-state index is -1.14. The molecule has 0 amide bonds. The van der Waals surface area contributed by atoms with Crippen molar-refractivity contribution in [1.82, 2.24) is 0 Å². The van der Waals surface area contributed by atoms with Crippen LogP contribution in [0.3, 0.4) is 0 Å². The second-order valence-corrected chi connectivity index (χ2v) is 4.56. The van der Waals surface area contributed by atoms with Gasteiger partial charge in [-0.15, -0.1) is 0 Å². The fourth-order valence-corrected chi connectivity index (χ4v) is 1.24. The van der Waals surface area contributed by atoms with E-state index in [1.54, 1.807) is 0 Å². The molecule has 0 aromatic heterocycles. The van der Waals surface area contributed by atoms with Gasteiger partial charge in [0.25, 0.3) is 0 Å². The van der Waals surface area contributed by atoms with Crippen LogP contribution in [0.4, 0.5) is 4.39 Å². The average Bonchev–Trinajstić information content (AvgIpc) is 2.26. The number of carboxylic acids is 1. The van der Waals surface area contributed by atoms with Gasteiger partial charge >= 0.3 is 5.97 Å². The normalized spacial score (nSPS) is 11.5. The fourth-order valence-electron chi connectivity index (χ4n) is 1.24. The standard InChI is InChI=1S/C13H17FO3/c1-4-13(2,3)17-8-9-5-10(12(15)16)7-11(14)6-9/h5-7H,4,8H2,1-3H3,(H,15,16). The molecular formula is C13H17FO3. The van der Waals surface area contributed by atoms with Gasteiger partial charge in [-0.1, -0.05) is 6.92 Å². The zero-order valence-corrected chi connectivity index (χ0v) is 10.3. The Kier molecular flexibility index (Phi) is 4.23. The number of halogens is 1. The predicted molar refractivity (Wildman–Crippen MR) is 62.5 cm³/mol. The first-order chi connectivity index (χ1) is 7.84. The van der Waals surface area contributed by atoms with Crippen molar-refractivity contribution in [2.75, 3.05) is 0 Å². The first-order valence-electron chi connectivity index (χ1n) is 5.51. The van der Waals surface area contributed by atoms with Crippen molar-refractivity contribution >= 4 is 5.97 Å². The molecule has 0 unspecified atom stereocenters. The molecule has 17 heavy (non-hydrogen) atoms. The van der Waals surface area contributed by atoms with Crippen molar-refractivity contribution in [3.8, 4) is 0 Å². The Bertz CT molecular complexity index is 413. The highest BCUT2D eigenvalue weighted by Gasteiger charge is 2.16. The van der Waals surface area contributed by atoms with Gasteiger partial charge in [0.05, 0.1) is 17.8 Å². The van der Waals surface area contributed by atoms with Crippen LogP contribution in [0.5, 0.6) is 0 Å². The van der Waals surface area contributed by atoms with Gasteiger partial charge in [0, 0.05) is 0 Å². The van der Waals surface area contributed by atoms with Crippen LogP contribution in [-0.2, 0) is 11.3 Å².